The molecule has 2 aromatic heterocycles. The van der Waals surface area contributed by atoms with Gasteiger partial charge in [0.05, 0.1) is 19.0 Å². The molecular weight excluding hydrogens is 384 g/mol. The van der Waals surface area contributed by atoms with E-state index in [0.29, 0.717) is 18.5 Å². The number of imidazole rings is 1. The fourth-order valence-corrected chi connectivity index (χ4v) is 3.91. The summed E-state index contributed by atoms with van der Waals surface area (Å²) in [5, 5.41) is 11.7. The van der Waals surface area contributed by atoms with Gasteiger partial charge in [-0.25, -0.2) is 9.78 Å². The van der Waals surface area contributed by atoms with Crippen LogP contribution in [0.3, 0.4) is 0 Å². The molecule has 0 radical (unpaired) electrons. The van der Waals surface area contributed by atoms with E-state index in [2.05, 4.69) is 16.5 Å². The number of aliphatic carboxylic acids is 1. The van der Waals surface area contributed by atoms with Crippen LogP contribution in [-0.2, 0) is 24.2 Å². The summed E-state index contributed by atoms with van der Waals surface area (Å²) in [7, 11) is 1.65. The normalized spacial score (nSPS) is 11.6. The van der Waals surface area contributed by atoms with Gasteiger partial charge in [0.25, 0.3) is 0 Å². The van der Waals surface area contributed by atoms with Crippen molar-refractivity contribution in [1.82, 2.24) is 9.55 Å². The van der Waals surface area contributed by atoms with Gasteiger partial charge in [-0.2, -0.15) is 0 Å². The Morgan fingerprint density at radius 1 is 1.31 bits per heavy atom. The lowest BCUT2D eigenvalue weighted by molar-refractivity contribution is -0.132. The van der Waals surface area contributed by atoms with Crippen LogP contribution in [0.5, 0.6) is 5.75 Å². The molecule has 2 heterocycles. The number of ether oxygens (including phenoxy) is 1. The second-order valence-electron chi connectivity index (χ2n) is 6.87. The average molecular weight is 411 g/mol. The predicted molar refractivity (Wildman–Crippen MR) is 117 cm³/mol. The lowest BCUT2D eigenvalue weighted by Gasteiger charge is -2.12. The summed E-state index contributed by atoms with van der Waals surface area (Å²) in [6, 6.07) is 11.8. The number of aryl methyl sites for hydroxylation is 1. The Kier molecular flexibility index (Phi) is 7.25. The number of methoxy groups -OCH3 is 1. The average Bonchev–Trinajstić information content (AvgIpc) is 3.36. The highest BCUT2D eigenvalue weighted by Gasteiger charge is 2.14. The first-order chi connectivity index (χ1) is 14.1. The fraction of sp³-hybridized carbons (Fsp3) is 0.304. The smallest absolute Gasteiger partial charge is 0.332 e. The van der Waals surface area contributed by atoms with Gasteiger partial charge in [0.1, 0.15) is 11.6 Å². The molecule has 1 aromatic carbocycles. The largest absolute Gasteiger partial charge is 0.497 e. The summed E-state index contributed by atoms with van der Waals surface area (Å²) in [6.07, 6.45) is 6.92. The molecule has 152 valence electrons. The Labute approximate surface area is 175 Å². The summed E-state index contributed by atoms with van der Waals surface area (Å²) in [5.41, 5.74) is 2.26. The van der Waals surface area contributed by atoms with E-state index >= 15 is 0 Å². The van der Waals surface area contributed by atoms with Crippen molar-refractivity contribution >= 4 is 23.4 Å². The van der Waals surface area contributed by atoms with Gasteiger partial charge in [-0.1, -0.05) is 31.5 Å². The van der Waals surface area contributed by atoms with Crippen LogP contribution >= 0.6 is 11.3 Å². The van der Waals surface area contributed by atoms with Gasteiger partial charge in [-0.15, -0.1) is 11.3 Å². The van der Waals surface area contributed by atoms with Gasteiger partial charge in [-0.3, -0.25) is 0 Å². The molecule has 3 rings (SSSR count). The number of hydrogen-bond donors (Lipinski definition) is 1. The molecule has 0 unspecified atom stereocenters. The molecule has 3 aromatic rings. The fourth-order valence-electron chi connectivity index (χ4n) is 3.18. The zero-order chi connectivity index (χ0) is 20.6. The van der Waals surface area contributed by atoms with Crippen molar-refractivity contribution in [3.8, 4) is 5.75 Å². The molecule has 0 aliphatic heterocycles. The van der Waals surface area contributed by atoms with Gasteiger partial charge in [0, 0.05) is 29.8 Å². The first-order valence-electron chi connectivity index (χ1n) is 9.74. The van der Waals surface area contributed by atoms with Gasteiger partial charge in [-0.05, 0) is 41.6 Å². The van der Waals surface area contributed by atoms with Gasteiger partial charge < -0.3 is 14.4 Å². The third kappa shape index (κ3) is 5.57. The maximum atomic E-state index is 11.9. The zero-order valence-corrected chi connectivity index (χ0v) is 17.6. The summed E-state index contributed by atoms with van der Waals surface area (Å²) in [4.78, 5) is 17.5. The quantitative estimate of drug-likeness (QED) is 0.475. The molecule has 0 atom stereocenters. The number of aromatic nitrogens is 2. The van der Waals surface area contributed by atoms with Crippen molar-refractivity contribution in [3.05, 3.63) is 75.5 Å². The van der Waals surface area contributed by atoms with E-state index in [9.17, 15) is 9.90 Å². The number of carbonyl (C=O) groups is 1. The van der Waals surface area contributed by atoms with Crippen LogP contribution in [0.1, 0.15) is 41.7 Å². The number of thiophene rings is 1. The Morgan fingerprint density at radius 2 is 2.17 bits per heavy atom. The van der Waals surface area contributed by atoms with Gasteiger partial charge >= 0.3 is 5.97 Å². The van der Waals surface area contributed by atoms with Crippen molar-refractivity contribution in [2.75, 3.05) is 7.11 Å². The second kappa shape index (κ2) is 10.1. The summed E-state index contributed by atoms with van der Waals surface area (Å²) < 4.78 is 7.45. The van der Waals surface area contributed by atoms with E-state index in [0.717, 1.165) is 47.0 Å². The SMILES string of the molecule is CCCCc1ncc(/C=C(\Cc2cccs2)C(=O)O)n1Cc1cccc(OC)c1. The van der Waals surface area contributed by atoms with E-state index < -0.39 is 5.97 Å². The highest BCUT2D eigenvalue weighted by Crippen LogP contribution is 2.21. The molecule has 0 saturated carbocycles. The van der Waals surface area contributed by atoms with Gasteiger partial charge in [0.15, 0.2) is 0 Å². The lowest BCUT2D eigenvalue weighted by atomic mass is 10.1. The molecule has 0 aliphatic rings. The molecule has 1 N–H and O–H groups in total. The Morgan fingerprint density at radius 3 is 2.86 bits per heavy atom. The molecule has 0 aliphatic carbocycles. The van der Waals surface area contributed by atoms with Crippen LogP contribution < -0.4 is 4.74 Å². The van der Waals surface area contributed by atoms with Crippen LogP contribution in [0.2, 0.25) is 0 Å². The van der Waals surface area contributed by atoms with Crippen molar-refractivity contribution in [2.45, 2.75) is 39.2 Å². The third-order valence-electron chi connectivity index (χ3n) is 4.74. The van der Waals surface area contributed by atoms with Crippen LogP contribution in [-0.4, -0.2) is 27.7 Å². The Balaban J connectivity index is 1.96. The van der Waals surface area contributed by atoms with Crippen molar-refractivity contribution in [2.24, 2.45) is 0 Å². The third-order valence-corrected chi connectivity index (χ3v) is 5.62. The minimum Gasteiger partial charge on any atom is -0.497 e. The van der Waals surface area contributed by atoms with Gasteiger partial charge in [0.2, 0.25) is 0 Å². The Hall–Kier alpha value is -2.86. The van der Waals surface area contributed by atoms with Crippen molar-refractivity contribution in [1.29, 1.82) is 0 Å². The minimum absolute atomic E-state index is 0.362. The summed E-state index contributed by atoms with van der Waals surface area (Å²) >= 11 is 1.57. The van der Waals surface area contributed by atoms with E-state index in [4.69, 9.17) is 4.74 Å². The maximum absolute atomic E-state index is 11.9. The first-order valence-corrected chi connectivity index (χ1v) is 10.6. The lowest BCUT2D eigenvalue weighted by Crippen LogP contribution is -2.09. The zero-order valence-electron chi connectivity index (χ0n) is 16.8. The number of nitrogens with zero attached hydrogens (tertiary/aromatic N) is 2. The highest BCUT2D eigenvalue weighted by atomic mass is 32.1. The number of unbranched alkanes of at least 4 members (excludes halogenated alkanes) is 1. The minimum atomic E-state index is -0.900. The van der Waals surface area contributed by atoms with Crippen LogP contribution in [0.25, 0.3) is 6.08 Å². The second-order valence-corrected chi connectivity index (χ2v) is 7.90. The summed E-state index contributed by atoms with van der Waals surface area (Å²) in [5.74, 6) is 0.878. The molecule has 5 nitrogen and oxygen atoms in total. The van der Waals surface area contributed by atoms with Crippen molar-refractivity contribution in [3.63, 3.8) is 0 Å². The number of carboxylic acid groups (broad SMARTS) is 1. The van der Waals surface area contributed by atoms with Crippen LogP contribution in [0.15, 0.2) is 53.5 Å². The molecule has 6 heteroatoms. The topological polar surface area (TPSA) is 64.3 Å². The highest BCUT2D eigenvalue weighted by molar-refractivity contribution is 7.09. The van der Waals surface area contributed by atoms with E-state index in [1.165, 1.54) is 0 Å². The van der Waals surface area contributed by atoms with E-state index in [1.54, 1.807) is 30.7 Å². The Bertz CT molecular complexity index is 974. The molecule has 0 saturated heterocycles. The summed E-state index contributed by atoms with van der Waals surface area (Å²) in [6.45, 7) is 2.77. The van der Waals surface area contributed by atoms with E-state index in [1.807, 2.05) is 41.8 Å². The molecule has 29 heavy (non-hydrogen) atoms. The number of carboxylic acids is 1. The standard InChI is InChI=1S/C23H26N2O3S/c1-3-4-10-22-24-15-19(13-18(23(26)27)14-21-9-6-11-29-21)25(22)16-17-7-5-8-20(12-17)28-2/h5-9,11-13,15H,3-4,10,14,16H2,1-2H3,(H,26,27)/b18-13+. The number of benzene rings is 1. The maximum Gasteiger partial charge on any atom is 0.332 e. The monoisotopic (exact) mass is 410 g/mol. The van der Waals surface area contributed by atoms with Crippen LogP contribution in [0.4, 0.5) is 0 Å². The van der Waals surface area contributed by atoms with E-state index in [-0.39, 0.29) is 0 Å². The first kappa shape index (κ1) is 20.9. The molecule has 0 spiro atoms. The number of hydrogen-bond acceptors (Lipinski definition) is 4. The predicted octanol–water partition coefficient (Wildman–Crippen LogP) is 5.05. The molecular formula is C23H26N2O3S. The molecule has 0 amide bonds. The molecule has 0 fully saturated rings. The van der Waals surface area contributed by atoms with Crippen LogP contribution in [0, 0.1) is 0 Å². The number of rotatable bonds is 10. The van der Waals surface area contributed by atoms with Crippen molar-refractivity contribution < 1.29 is 14.6 Å². The molecule has 0 bridgehead atoms.